The van der Waals surface area contributed by atoms with E-state index in [9.17, 15) is 9.90 Å². The number of allylic oxidation sites excluding steroid dienone is 1. The molecule has 4 rings (SSSR count). The van der Waals surface area contributed by atoms with Gasteiger partial charge in [0.25, 0.3) is 0 Å². The van der Waals surface area contributed by atoms with E-state index in [1.807, 2.05) is 38.1 Å². The molecule has 1 aliphatic rings. The first-order valence-corrected chi connectivity index (χ1v) is 9.91. The molecular formula is C24H24N4O2. The maximum atomic E-state index is 12.6. The quantitative estimate of drug-likeness (QED) is 0.572. The summed E-state index contributed by atoms with van der Waals surface area (Å²) in [5.74, 6) is 0.465. The van der Waals surface area contributed by atoms with Crippen LogP contribution < -0.4 is 11.1 Å². The van der Waals surface area contributed by atoms with Crippen LogP contribution in [0.15, 0.2) is 48.0 Å². The summed E-state index contributed by atoms with van der Waals surface area (Å²) in [6, 6.07) is 12.5. The summed E-state index contributed by atoms with van der Waals surface area (Å²) in [4.78, 5) is 22.3. The lowest BCUT2D eigenvalue weighted by molar-refractivity contribution is -0.115. The Labute approximate surface area is 175 Å². The van der Waals surface area contributed by atoms with E-state index in [2.05, 4.69) is 5.32 Å². The number of hydrogen-bond donors (Lipinski definition) is 3. The van der Waals surface area contributed by atoms with Crippen LogP contribution in [-0.2, 0) is 24.1 Å². The number of aromatic hydroxyl groups is 1. The largest absolute Gasteiger partial charge is 0.508 e. The van der Waals surface area contributed by atoms with Gasteiger partial charge in [-0.25, -0.2) is 9.97 Å². The highest BCUT2D eigenvalue weighted by atomic mass is 16.3. The van der Waals surface area contributed by atoms with Crippen molar-refractivity contribution in [2.24, 2.45) is 0 Å². The van der Waals surface area contributed by atoms with Gasteiger partial charge in [-0.1, -0.05) is 23.8 Å². The maximum absolute atomic E-state index is 12.6. The van der Waals surface area contributed by atoms with Crippen LogP contribution in [0.4, 0.5) is 11.5 Å². The van der Waals surface area contributed by atoms with E-state index in [1.54, 1.807) is 24.3 Å². The van der Waals surface area contributed by atoms with Crippen molar-refractivity contribution < 1.29 is 9.90 Å². The first kappa shape index (κ1) is 19.6. The molecule has 6 heteroatoms. The number of hydrogen-bond acceptors (Lipinski definition) is 5. The molecule has 3 aromatic rings. The summed E-state index contributed by atoms with van der Waals surface area (Å²) in [6.45, 7) is 3.97. The van der Waals surface area contributed by atoms with Gasteiger partial charge in [-0.15, -0.1) is 0 Å². The highest BCUT2D eigenvalue weighted by Crippen LogP contribution is 2.34. The predicted octanol–water partition coefficient (Wildman–Crippen LogP) is 4.13. The van der Waals surface area contributed by atoms with Gasteiger partial charge in [-0.05, 0) is 68.2 Å². The van der Waals surface area contributed by atoms with Crippen molar-refractivity contribution in [2.75, 3.05) is 11.1 Å². The topological polar surface area (TPSA) is 101 Å². The lowest BCUT2D eigenvalue weighted by atomic mass is 9.91. The highest BCUT2D eigenvalue weighted by molar-refractivity contribution is 5.93. The zero-order chi connectivity index (χ0) is 21.3. The number of fused-ring (bicyclic) bond motifs is 3. The van der Waals surface area contributed by atoms with Crippen LogP contribution in [0.3, 0.4) is 0 Å². The van der Waals surface area contributed by atoms with Crippen LogP contribution in [0.5, 0.6) is 5.75 Å². The Morgan fingerprint density at radius 3 is 2.63 bits per heavy atom. The number of carbonyl (C=O) groups excluding carboxylic acids is 1. The number of nitrogen functional groups attached to an aromatic ring is 1. The fourth-order valence-electron chi connectivity index (χ4n) is 3.62. The smallest absolute Gasteiger partial charge is 0.230 e. The maximum Gasteiger partial charge on any atom is 0.230 e. The monoisotopic (exact) mass is 400 g/mol. The third kappa shape index (κ3) is 4.17. The van der Waals surface area contributed by atoms with Crippen LogP contribution in [0.2, 0.25) is 0 Å². The summed E-state index contributed by atoms with van der Waals surface area (Å²) in [5.41, 5.74) is 13.1. The third-order valence-corrected chi connectivity index (χ3v) is 4.99. The van der Waals surface area contributed by atoms with Gasteiger partial charge in [0.2, 0.25) is 5.91 Å². The molecule has 1 aromatic heterocycles. The standard InChI is InChI=1S/C24H24N4O2/c1-14(2)11-21-24(28-22(30)12-15-3-7-18(29)8-4-15)27-20-10-5-16-13-17(25)6-9-19(16)23(20)26-21/h3-4,6-9,11,13,29H,5,10,12,25H2,1-2H3,(H,27,28,30). The Hall–Kier alpha value is -3.67. The van der Waals surface area contributed by atoms with Crippen molar-refractivity contribution in [1.29, 1.82) is 0 Å². The number of aromatic nitrogens is 2. The zero-order valence-electron chi connectivity index (χ0n) is 17.1. The number of nitrogens with zero attached hydrogens (tertiary/aromatic N) is 2. The molecule has 1 aliphatic carbocycles. The fraction of sp³-hybridized carbons (Fsp3) is 0.208. The summed E-state index contributed by atoms with van der Waals surface area (Å²) < 4.78 is 0. The van der Waals surface area contributed by atoms with Gasteiger partial charge in [0.15, 0.2) is 5.82 Å². The molecule has 4 N–H and O–H groups in total. The molecule has 0 bridgehead atoms. The Balaban J connectivity index is 1.68. The average molecular weight is 400 g/mol. The van der Waals surface area contributed by atoms with Gasteiger partial charge in [-0.3, -0.25) is 4.79 Å². The van der Waals surface area contributed by atoms with Gasteiger partial charge < -0.3 is 16.2 Å². The highest BCUT2D eigenvalue weighted by Gasteiger charge is 2.22. The summed E-state index contributed by atoms with van der Waals surface area (Å²) in [5, 5.41) is 12.3. The molecule has 0 saturated carbocycles. The number of nitrogens with two attached hydrogens (primary N) is 1. The number of aryl methyl sites for hydroxylation is 2. The minimum Gasteiger partial charge on any atom is -0.508 e. The van der Waals surface area contributed by atoms with Crippen LogP contribution in [0.25, 0.3) is 17.3 Å². The summed E-state index contributed by atoms with van der Waals surface area (Å²) in [7, 11) is 0. The summed E-state index contributed by atoms with van der Waals surface area (Å²) in [6.07, 6.45) is 3.70. The first-order valence-electron chi connectivity index (χ1n) is 9.91. The fourth-order valence-corrected chi connectivity index (χ4v) is 3.62. The van der Waals surface area contributed by atoms with Crippen molar-refractivity contribution in [3.8, 4) is 17.0 Å². The van der Waals surface area contributed by atoms with Gasteiger partial charge in [-0.2, -0.15) is 0 Å². The molecular weight excluding hydrogens is 376 g/mol. The van der Waals surface area contributed by atoms with E-state index in [-0.39, 0.29) is 18.1 Å². The molecule has 6 nitrogen and oxygen atoms in total. The number of benzene rings is 2. The molecule has 1 heterocycles. The number of nitrogens with one attached hydrogen (secondary N) is 1. The minimum absolute atomic E-state index is 0.174. The Morgan fingerprint density at radius 2 is 1.90 bits per heavy atom. The molecule has 0 saturated heterocycles. The van der Waals surface area contributed by atoms with Crippen molar-refractivity contribution in [2.45, 2.75) is 33.1 Å². The van der Waals surface area contributed by atoms with Crippen LogP contribution in [0.1, 0.15) is 36.4 Å². The number of phenolic OH excluding ortho intramolecular Hbond substituents is 1. The van der Waals surface area contributed by atoms with E-state index in [0.29, 0.717) is 11.5 Å². The number of anilines is 2. The van der Waals surface area contributed by atoms with E-state index in [4.69, 9.17) is 15.7 Å². The molecule has 0 atom stereocenters. The second kappa shape index (κ2) is 7.99. The van der Waals surface area contributed by atoms with E-state index in [0.717, 1.165) is 46.6 Å². The normalized spacial score (nSPS) is 11.9. The van der Waals surface area contributed by atoms with E-state index < -0.39 is 0 Å². The van der Waals surface area contributed by atoms with Gasteiger partial charge in [0.05, 0.1) is 17.8 Å². The van der Waals surface area contributed by atoms with Crippen molar-refractivity contribution in [1.82, 2.24) is 9.97 Å². The molecule has 152 valence electrons. The second-order valence-corrected chi connectivity index (χ2v) is 7.78. The van der Waals surface area contributed by atoms with E-state index in [1.165, 1.54) is 5.56 Å². The number of phenols is 1. The molecule has 0 spiro atoms. The number of amides is 1. The van der Waals surface area contributed by atoms with Crippen LogP contribution >= 0.6 is 0 Å². The molecule has 0 radical (unpaired) electrons. The average Bonchev–Trinajstić information content (AvgIpc) is 2.69. The Kier molecular flexibility index (Phi) is 5.23. The number of carbonyl (C=O) groups is 1. The summed E-state index contributed by atoms with van der Waals surface area (Å²) >= 11 is 0. The molecule has 1 amide bonds. The number of rotatable bonds is 4. The second-order valence-electron chi connectivity index (χ2n) is 7.78. The predicted molar refractivity (Wildman–Crippen MR) is 119 cm³/mol. The van der Waals surface area contributed by atoms with Gasteiger partial charge >= 0.3 is 0 Å². The van der Waals surface area contributed by atoms with Crippen molar-refractivity contribution in [3.05, 3.63) is 70.6 Å². The van der Waals surface area contributed by atoms with E-state index >= 15 is 0 Å². The van der Waals surface area contributed by atoms with Crippen molar-refractivity contribution in [3.63, 3.8) is 0 Å². The van der Waals surface area contributed by atoms with Crippen LogP contribution in [0, 0.1) is 0 Å². The van der Waals surface area contributed by atoms with Gasteiger partial charge in [0, 0.05) is 11.3 Å². The molecule has 2 aromatic carbocycles. The lowest BCUT2D eigenvalue weighted by Crippen LogP contribution is -2.19. The molecule has 30 heavy (non-hydrogen) atoms. The SMILES string of the molecule is CC(C)=Cc1nc2c(nc1NC(=O)Cc1ccc(O)cc1)CCc1cc(N)ccc1-2. The molecule has 0 fully saturated rings. The lowest BCUT2D eigenvalue weighted by Gasteiger charge is -2.20. The van der Waals surface area contributed by atoms with Gasteiger partial charge in [0.1, 0.15) is 11.4 Å². The third-order valence-electron chi connectivity index (χ3n) is 4.99. The molecule has 0 aliphatic heterocycles. The minimum atomic E-state index is -0.178. The molecule has 0 unspecified atom stereocenters. The Morgan fingerprint density at radius 1 is 1.13 bits per heavy atom. The zero-order valence-corrected chi connectivity index (χ0v) is 17.1. The Bertz CT molecular complexity index is 1150. The first-order chi connectivity index (χ1) is 14.4. The van der Waals surface area contributed by atoms with Crippen LogP contribution in [-0.4, -0.2) is 21.0 Å². The van der Waals surface area contributed by atoms with Crippen molar-refractivity contribution >= 4 is 23.5 Å².